The Balaban J connectivity index is 1.45. The summed E-state index contributed by atoms with van der Waals surface area (Å²) in [6, 6.07) is 0.200. The second kappa shape index (κ2) is 7.87. The maximum atomic E-state index is 15.4. The number of rotatable bonds is 5. The summed E-state index contributed by atoms with van der Waals surface area (Å²) in [5.41, 5.74) is 3.00. The van der Waals surface area contributed by atoms with Crippen LogP contribution in [0.4, 0.5) is 24.1 Å². The number of pyridine rings is 1. The third-order valence-electron chi connectivity index (χ3n) is 6.37. The lowest BCUT2D eigenvalue weighted by molar-refractivity contribution is 0.00780. The van der Waals surface area contributed by atoms with E-state index in [1.165, 1.54) is 4.90 Å². The summed E-state index contributed by atoms with van der Waals surface area (Å²) >= 11 is 0. The molecule has 12 heteroatoms. The fraction of sp³-hybridized carbons (Fsp3) is 0.476. The molecule has 0 radical (unpaired) electrons. The molecular weight excluding hydrogens is 442 g/mol. The van der Waals surface area contributed by atoms with Crippen molar-refractivity contribution in [2.75, 3.05) is 31.1 Å². The number of hydrogen-bond donors (Lipinski definition) is 3. The zero-order valence-corrected chi connectivity index (χ0v) is 17.5. The fourth-order valence-electron chi connectivity index (χ4n) is 4.60. The summed E-state index contributed by atoms with van der Waals surface area (Å²) in [5, 5.41) is 2.23. The number of ether oxygens (including phenoxy) is 3. The predicted molar refractivity (Wildman–Crippen MR) is 111 cm³/mol. The number of benzene rings is 1. The zero-order valence-electron chi connectivity index (χ0n) is 17.5. The number of fused-ring (bicyclic) bond motifs is 2. The van der Waals surface area contributed by atoms with Crippen LogP contribution in [-0.4, -0.2) is 55.1 Å². The number of carbonyl (C=O) groups is 2. The van der Waals surface area contributed by atoms with Gasteiger partial charge in [0.25, 0.3) is 0 Å². The van der Waals surface area contributed by atoms with E-state index in [1.54, 1.807) is 0 Å². The van der Waals surface area contributed by atoms with Gasteiger partial charge in [-0.15, -0.1) is 0 Å². The van der Waals surface area contributed by atoms with Crippen LogP contribution in [0.3, 0.4) is 0 Å². The topological polar surface area (TPSA) is 136 Å². The van der Waals surface area contributed by atoms with E-state index in [4.69, 9.17) is 19.9 Å². The molecule has 0 bridgehead atoms. The van der Waals surface area contributed by atoms with Gasteiger partial charge in [-0.2, -0.15) is 0 Å². The van der Waals surface area contributed by atoms with Crippen LogP contribution in [0.2, 0.25) is 0 Å². The molecule has 2 atom stereocenters. The number of urea groups is 1. The van der Waals surface area contributed by atoms with E-state index in [9.17, 15) is 14.4 Å². The van der Waals surface area contributed by atoms with Gasteiger partial charge in [0, 0.05) is 31.8 Å². The van der Waals surface area contributed by atoms with Crippen LogP contribution < -0.4 is 26.1 Å². The van der Waals surface area contributed by atoms with Gasteiger partial charge in [0.15, 0.2) is 11.6 Å². The number of H-pyrrole nitrogens is 1. The van der Waals surface area contributed by atoms with Crippen LogP contribution >= 0.6 is 0 Å². The summed E-state index contributed by atoms with van der Waals surface area (Å²) < 4.78 is 46.2. The molecule has 2 unspecified atom stereocenters. The van der Waals surface area contributed by atoms with Gasteiger partial charge in [-0.05, 0) is 25.3 Å². The van der Waals surface area contributed by atoms with Crippen LogP contribution in [-0.2, 0) is 9.47 Å². The molecule has 2 saturated heterocycles. The van der Waals surface area contributed by atoms with Gasteiger partial charge in [0.2, 0.25) is 5.43 Å². The number of carbonyl (C=O) groups excluding carboxylic acids is 2. The Morgan fingerprint density at radius 3 is 2.85 bits per heavy atom. The molecule has 1 aliphatic carbocycles. The molecule has 33 heavy (non-hydrogen) atoms. The summed E-state index contributed by atoms with van der Waals surface area (Å²) in [6.45, 7) is 1.03. The number of primary amides is 1. The van der Waals surface area contributed by atoms with E-state index in [1.807, 2.05) is 0 Å². The van der Waals surface area contributed by atoms with Gasteiger partial charge in [0.05, 0.1) is 17.4 Å². The molecule has 1 aromatic carbocycles. The molecular formula is C21H22F2N4O6. The molecule has 2 aromatic rings. The highest BCUT2D eigenvalue weighted by Crippen LogP contribution is 2.42. The van der Waals surface area contributed by atoms with Crippen molar-refractivity contribution in [3.8, 4) is 5.75 Å². The number of amides is 2. The molecule has 176 valence electrons. The van der Waals surface area contributed by atoms with Crippen molar-refractivity contribution >= 4 is 28.8 Å². The maximum Gasteiger partial charge on any atom is 0.514 e. The SMILES string of the molecule is NC(=O)NCC12CN(c3c(F)cc4c(=O)c(OC(=O)OC5CC5)c[nH]c4c3F)CC1CCO2. The Morgan fingerprint density at radius 1 is 1.33 bits per heavy atom. The largest absolute Gasteiger partial charge is 0.514 e. The normalized spacial score (nSPS) is 24.1. The third kappa shape index (κ3) is 3.84. The number of halogens is 2. The molecule has 2 aliphatic heterocycles. The number of aromatic nitrogens is 1. The lowest BCUT2D eigenvalue weighted by Gasteiger charge is -2.28. The zero-order chi connectivity index (χ0) is 23.3. The maximum absolute atomic E-state index is 15.4. The molecule has 3 heterocycles. The molecule has 1 aromatic heterocycles. The van der Waals surface area contributed by atoms with E-state index >= 15 is 8.78 Å². The average molecular weight is 464 g/mol. The number of aromatic amines is 1. The summed E-state index contributed by atoms with van der Waals surface area (Å²) in [7, 11) is 0. The van der Waals surface area contributed by atoms with Crippen LogP contribution in [0.15, 0.2) is 17.1 Å². The Labute approximate surface area is 186 Å². The van der Waals surface area contributed by atoms with Crippen molar-refractivity contribution in [3.63, 3.8) is 0 Å². The first kappa shape index (κ1) is 21.4. The minimum Gasteiger partial charge on any atom is -0.431 e. The monoisotopic (exact) mass is 464 g/mol. The second-order valence-electron chi connectivity index (χ2n) is 8.59. The first-order valence-electron chi connectivity index (χ1n) is 10.6. The van der Waals surface area contributed by atoms with Gasteiger partial charge in [-0.3, -0.25) is 4.79 Å². The Bertz CT molecular complexity index is 1200. The van der Waals surface area contributed by atoms with E-state index in [-0.39, 0.29) is 41.7 Å². The van der Waals surface area contributed by atoms with Gasteiger partial charge >= 0.3 is 12.2 Å². The minimum absolute atomic E-state index is 0.0637. The van der Waals surface area contributed by atoms with Crippen LogP contribution in [0.1, 0.15) is 19.3 Å². The number of anilines is 1. The average Bonchev–Trinajstić information content (AvgIpc) is 3.36. The smallest absolute Gasteiger partial charge is 0.431 e. The summed E-state index contributed by atoms with van der Waals surface area (Å²) in [5.74, 6) is -2.38. The van der Waals surface area contributed by atoms with Crippen molar-refractivity contribution in [3.05, 3.63) is 34.1 Å². The van der Waals surface area contributed by atoms with Gasteiger partial charge in [-0.25, -0.2) is 18.4 Å². The highest BCUT2D eigenvalue weighted by atomic mass is 19.1. The predicted octanol–water partition coefficient (Wildman–Crippen LogP) is 1.75. The van der Waals surface area contributed by atoms with Crippen LogP contribution in [0.5, 0.6) is 5.75 Å². The van der Waals surface area contributed by atoms with E-state index in [0.29, 0.717) is 19.6 Å². The minimum atomic E-state index is -1.04. The molecule has 1 saturated carbocycles. The standard InChI is InChI=1S/C21H22F2N4O6/c22-13-5-12-16(25-6-14(18(12)28)33-20(30)32-11-1-2-11)15(23)17(13)27-7-10-3-4-31-21(10,9-27)8-26-19(24)29/h5-6,10-11H,1-4,7-9H2,(H,25,28)(H3,24,26,29). The quantitative estimate of drug-likeness (QED) is 0.574. The lowest BCUT2D eigenvalue weighted by atomic mass is 9.91. The molecule has 5 rings (SSSR count). The number of nitrogens with zero attached hydrogens (tertiary/aromatic N) is 1. The van der Waals surface area contributed by atoms with Gasteiger partial charge < -0.3 is 35.1 Å². The van der Waals surface area contributed by atoms with Crippen LogP contribution in [0, 0.1) is 17.6 Å². The number of nitrogens with two attached hydrogens (primary N) is 1. The number of nitrogens with one attached hydrogen (secondary N) is 2. The molecule has 3 fully saturated rings. The lowest BCUT2D eigenvalue weighted by Crippen LogP contribution is -2.49. The van der Waals surface area contributed by atoms with Crippen molar-refractivity contribution in [2.24, 2.45) is 11.7 Å². The fourth-order valence-corrected chi connectivity index (χ4v) is 4.60. The molecule has 3 aliphatic rings. The van der Waals surface area contributed by atoms with Gasteiger partial charge in [-0.1, -0.05) is 0 Å². The Morgan fingerprint density at radius 2 is 2.12 bits per heavy atom. The highest BCUT2D eigenvalue weighted by Gasteiger charge is 2.52. The van der Waals surface area contributed by atoms with Crippen molar-refractivity contribution in [1.82, 2.24) is 10.3 Å². The second-order valence-corrected chi connectivity index (χ2v) is 8.59. The van der Waals surface area contributed by atoms with Crippen LogP contribution in [0.25, 0.3) is 10.9 Å². The third-order valence-corrected chi connectivity index (χ3v) is 6.37. The Hall–Kier alpha value is -3.41. The van der Waals surface area contributed by atoms with E-state index in [0.717, 1.165) is 25.1 Å². The summed E-state index contributed by atoms with van der Waals surface area (Å²) in [4.78, 5) is 39.7. The molecule has 0 spiro atoms. The Kier molecular flexibility index (Phi) is 5.11. The van der Waals surface area contributed by atoms with E-state index in [2.05, 4.69) is 10.3 Å². The first-order valence-corrected chi connectivity index (χ1v) is 10.6. The van der Waals surface area contributed by atoms with Gasteiger partial charge in [0.1, 0.15) is 23.2 Å². The van der Waals surface area contributed by atoms with E-state index < -0.39 is 40.6 Å². The summed E-state index contributed by atoms with van der Waals surface area (Å²) in [6.07, 6.45) is 1.90. The van der Waals surface area contributed by atoms with Crippen molar-refractivity contribution in [1.29, 1.82) is 0 Å². The molecule has 10 nitrogen and oxygen atoms in total. The number of hydrogen-bond acceptors (Lipinski definition) is 7. The highest BCUT2D eigenvalue weighted by molar-refractivity contribution is 5.85. The van der Waals surface area contributed by atoms with Crippen molar-refractivity contribution in [2.45, 2.75) is 31.0 Å². The molecule has 2 amide bonds. The first-order chi connectivity index (χ1) is 15.8. The molecule has 4 N–H and O–H groups in total. The van der Waals surface area contributed by atoms with Crippen molar-refractivity contribution < 1.29 is 32.6 Å².